The van der Waals surface area contributed by atoms with Gasteiger partial charge in [-0.1, -0.05) is 56.8 Å². The van der Waals surface area contributed by atoms with Crippen LogP contribution in [-0.4, -0.2) is 18.5 Å². The maximum absolute atomic E-state index is 11.1. The predicted octanol–water partition coefficient (Wildman–Crippen LogP) is 6.00. The van der Waals surface area contributed by atoms with Gasteiger partial charge in [-0.25, -0.2) is 4.79 Å². The molecular formula is C25H28O4. The summed E-state index contributed by atoms with van der Waals surface area (Å²) in [6.45, 7) is 9.20. The molecule has 0 atom stereocenters. The fourth-order valence-corrected chi connectivity index (χ4v) is 3.15. The van der Waals surface area contributed by atoms with Gasteiger partial charge in [0, 0.05) is 13.0 Å². The summed E-state index contributed by atoms with van der Waals surface area (Å²) >= 11 is 0. The van der Waals surface area contributed by atoms with Crippen molar-refractivity contribution >= 4 is 33.5 Å². The summed E-state index contributed by atoms with van der Waals surface area (Å²) in [6.07, 6.45) is 3.90. The zero-order valence-corrected chi connectivity index (χ0v) is 17.4. The SMILES string of the molecule is C=CC(=O)OCCCCc1ccc2c(ccc3cc(OC(C)=O)ccc32)c1.CC. The number of ether oxygens (including phenoxy) is 2. The average molecular weight is 392 g/mol. The lowest BCUT2D eigenvalue weighted by Gasteiger charge is -2.09. The number of esters is 2. The van der Waals surface area contributed by atoms with Crippen molar-refractivity contribution in [1.82, 2.24) is 0 Å². The predicted molar refractivity (Wildman–Crippen MR) is 118 cm³/mol. The lowest BCUT2D eigenvalue weighted by atomic mass is 9.98. The van der Waals surface area contributed by atoms with Crippen LogP contribution >= 0.6 is 0 Å². The zero-order valence-electron chi connectivity index (χ0n) is 17.4. The van der Waals surface area contributed by atoms with Gasteiger partial charge in [0.2, 0.25) is 0 Å². The first kappa shape index (κ1) is 22.2. The van der Waals surface area contributed by atoms with E-state index in [1.165, 1.54) is 29.3 Å². The Morgan fingerprint density at radius 1 is 0.931 bits per heavy atom. The van der Waals surface area contributed by atoms with E-state index < -0.39 is 0 Å². The molecule has 152 valence electrons. The monoisotopic (exact) mass is 392 g/mol. The fourth-order valence-electron chi connectivity index (χ4n) is 3.15. The standard InChI is InChI=1S/C23H22O4.C2H6/c1-3-23(25)26-13-5-4-6-17-7-11-21-18(14-17)8-9-19-15-20(27-16(2)24)10-12-22(19)21;1-2/h3,7-12,14-15H,1,4-6,13H2,2H3;1-2H3. The summed E-state index contributed by atoms with van der Waals surface area (Å²) in [5.41, 5.74) is 1.26. The Bertz CT molecular complexity index is 1000. The summed E-state index contributed by atoms with van der Waals surface area (Å²) in [4.78, 5) is 22.1. The number of carbonyl (C=O) groups is 2. The van der Waals surface area contributed by atoms with Crippen LogP contribution in [0.2, 0.25) is 0 Å². The van der Waals surface area contributed by atoms with Crippen LogP contribution in [0.4, 0.5) is 0 Å². The second-order valence-electron chi connectivity index (χ2n) is 6.43. The highest BCUT2D eigenvalue weighted by molar-refractivity contribution is 6.08. The average Bonchev–Trinajstić information content (AvgIpc) is 2.73. The van der Waals surface area contributed by atoms with Gasteiger partial charge in [0.05, 0.1) is 6.61 Å². The number of hydrogen-bond acceptors (Lipinski definition) is 4. The van der Waals surface area contributed by atoms with Crippen molar-refractivity contribution in [3.05, 3.63) is 66.7 Å². The fraction of sp³-hybridized carbons (Fsp3) is 0.280. The van der Waals surface area contributed by atoms with Gasteiger partial charge >= 0.3 is 11.9 Å². The van der Waals surface area contributed by atoms with Crippen molar-refractivity contribution in [3.63, 3.8) is 0 Å². The van der Waals surface area contributed by atoms with Crippen molar-refractivity contribution in [2.24, 2.45) is 0 Å². The minimum absolute atomic E-state index is 0.320. The van der Waals surface area contributed by atoms with Crippen molar-refractivity contribution < 1.29 is 19.1 Å². The Kier molecular flexibility index (Phi) is 8.41. The van der Waals surface area contributed by atoms with E-state index in [1.807, 2.05) is 38.1 Å². The molecule has 0 unspecified atom stereocenters. The van der Waals surface area contributed by atoms with E-state index in [0.29, 0.717) is 12.4 Å². The first-order valence-corrected chi connectivity index (χ1v) is 10.00. The molecule has 0 saturated heterocycles. The molecule has 0 aliphatic carbocycles. The maximum Gasteiger partial charge on any atom is 0.330 e. The van der Waals surface area contributed by atoms with E-state index in [2.05, 4.69) is 30.8 Å². The summed E-state index contributed by atoms with van der Waals surface area (Å²) in [7, 11) is 0. The molecule has 0 bridgehead atoms. The molecule has 0 fully saturated rings. The Labute approximate surface area is 172 Å². The minimum atomic E-state index is -0.371. The van der Waals surface area contributed by atoms with Gasteiger partial charge in [-0.2, -0.15) is 0 Å². The third-order valence-corrected chi connectivity index (χ3v) is 4.40. The smallest absolute Gasteiger partial charge is 0.330 e. The molecule has 0 heterocycles. The number of carbonyl (C=O) groups excluding carboxylic acids is 2. The van der Waals surface area contributed by atoms with Gasteiger partial charge in [-0.05, 0) is 58.5 Å². The second-order valence-corrected chi connectivity index (χ2v) is 6.43. The van der Waals surface area contributed by atoms with E-state index in [9.17, 15) is 9.59 Å². The van der Waals surface area contributed by atoms with Crippen LogP contribution in [0.1, 0.15) is 39.2 Å². The zero-order chi connectivity index (χ0) is 21.2. The van der Waals surface area contributed by atoms with E-state index in [0.717, 1.165) is 30.0 Å². The van der Waals surface area contributed by atoms with Crippen LogP contribution in [-0.2, 0) is 20.7 Å². The van der Waals surface area contributed by atoms with E-state index in [-0.39, 0.29) is 11.9 Å². The van der Waals surface area contributed by atoms with Crippen LogP contribution < -0.4 is 4.74 Å². The Morgan fingerprint density at radius 2 is 1.59 bits per heavy atom. The van der Waals surface area contributed by atoms with Gasteiger partial charge in [0.25, 0.3) is 0 Å². The number of benzene rings is 3. The third-order valence-electron chi connectivity index (χ3n) is 4.40. The molecular weight excluding hydrogens is 364 g/mol. The highest BCUT2D eigenvalue weighted by Gasteiger charge is 2.05. The van der Waals surface area contributed by atoms with Gasteiger partial charge < -0.3 is 9.47 Å². The highest BCUT2D eigenvalue weighted by atomic mass is 16.5. The van der Waals surface area contributed by atoms with Crippen molar-refractivity contribution in [3.8, 4) is 5.75 Å². The lowest BCUT2D eigenvalue weighted by molar-refractivity contribution is -0.138. The van der Waals surface area contributed by atoms with Crippen LogP contribution in [0, 0.1) is 0 Å². The number of hydrogen-bond donors (Lipinski definition) is 0. The Balaban J connectivity index is 0.00000145. The largest absolute Gasteiger partial charge is 0.463 e. The molecule has 0 N–H and O–H groups in total. The molecule has 4 nitrogen and oxygen atoms in total. The Morgan fingerprint density at radius 3 is 2.24 bits per heavy atom. The topological polar surface area (TPSA) is 52.6 Å². The molecule has 0 aromatic heterocycles. The molecule has 0 aliphatic rings. The molecule has 0 radical (unpaired) electrons. The summed E-state index contributed by atoms with van der Waals surface area (Å²) in [5.74, 6) is -0.133. The van der Waals surface area contributed by atoms with Crippen LogP contribution in [0.5, 0.6) is 5.75 Å². The molecule has 0 amide bonds. The van der Waals surface area contributed by atoms with Crippen molar-refractivity contribution in [2.75, 3.05) is 6.61 Å². The summed E-state index contributed by atoms with van der Waals surface area (Å²) in [5, 5.41) is 4.52. The van der Waals surface area contributed by atoms with Crippen LogP contribution in [0.15, 0.2) is 61.2 Å². The minimum Gasteiger partial charge on any atom is -0.463 e. The number of fused-ring (bicyclic) bond motifs is 3. The van der Waals surface area contributed by atoms with E-state index >= 15 is 0 Å². The molecule has 0 aliphatic heterocycles. The van der Waals surface area contributed by atoms with Crippen molar-refractivity contribution in [1.29, 1.82) is 0 Å². The molecule has 3 aromatic rings. The maximum atomic E-state index is 11.1. The molecule has 29 heavy (non-hydrogen) atoms. The molecule has 3 aromatic carbocycles. The number of aryl methyl sites for hydroxylation is 1. The lowest BCUT2D eigenvalue weighted by Crippen LogP contribution is -2.02. The summed E-state index contributed by atoms with van der Waals surface area (Å²) < 4.78 is 10.2. The van der Waals surface area contributed by atoms with Crippen LogP contribution in [0.25, 0.3) is 21.5 Å². The molecule has 3 rings (SSSR count). The molecule has 4 heteroatoms. The second kappa shape index (κ2) is 11.0. The normalized spacial score (nSPS) is 10.2. The summed E-state index contributed by atoms with van der Waals surface area (Å²) in [6, 6.07) is 16.3. The highest BCUT2D eigenvalue weighted by Crippen LogP contribution is 2.29. The first-order valence-electron chi connectivity index (χ1n) is 10.00. The van der Waals surface area contributed by atoms with Gasteiger partial charge in [-0.3, -0.25) is 4.79 Å². The number of unbranched alkanes of at least 4 members (excludes halogenated alkanes) is 1. The van der Waals surface area contributed by atoms with Gasteiger partial charge in [0.15, 0.2) is 0 Å². The van der Waals surface area contributed by atoms with E-state index in [1.54, 1.807) is 0 Å². The van der Waals surface area contributed by atoms with Gasteiger partial charge in [-0.15, -0.1) is 0 Å². The number of rotatable bonds is 7. The van der Waals surface area contributed by atoms with E-state index in [4.69, 9.17) is 9.47 Å². The van der Waals surface area contributed by atoms with Crippen molar-refractivity contribution in [2.45, 2.75) is 40.0 Å². The molecule has 0 spiro atoms. The molecule has 0 saturated carbocycles. The van der Waals surface area contributed by atoms with Crippen LogP contribution in [0.3, 0.4) is 0 Å². The third kappa shape index (κ3) is 6.18. The van der Waals surface area contributed by atoms with Gasteiger partial charge in [0.1, 0.15) is 5.75 Å². The first-order chi connectivity index (χ1) is 14.1. The Hall–Kier alpha value is -3.14. The quantitative estimate of drug-likeness (QED) is 0.163.